The Labute approximate surface area is 64.0 Å². The van der Waals surface area contributed by atoms with Crippen LogP contribution in [0.5, 0.6) is 0 Å². The van der Waals surface area contributed by atoms with E-state index in [1.807, 2.05) is 6.82 Å². The molecule has 10 heavy (non-hydrogen) atoms. The fourth-order valence-electron chi connectivity index (χ4n) is 0.616. The van der Waals surface area contributed by atoms with Gasteiger partial charge in [-0.15, -0.1) is 0 Å². The van der Waals surface area contributed by atoms with Gasteiger partial charge in [-0.3, -0.25) is 0 Å². The maximum atomic E-state index is 5.27. The largest absolute Gasteiger partial charge is 0.453 e. The van der Waals surface area contributed by atoms with E-state index >= 15 is 0 Å². The van der Waals surface area contributed by atoms with Crippen molar-refractivity contribution in [1.29, 1.82) is 0 Å². The molecular formula is C7H17BO2. The summed E-state index contributed by atoms with van der Waals surface area (Å²) in [6.07, 6.45) is 2.11. The van der Waals surface area contributed by atoms with Crippen LogP contribution in [0.25, 0.3) is 0 Å². The second-order valence-corrected chi connectivity index (χ2v) is 2.31. The average Bonchev–Trinajstić information content (AvgIpc) is 1.97. The van der Waals surface area contributed by atoms with Crippen LogP contribution in [0.3, 0.4) is 0 Å². The van der Waals surface area contributed by atoms with E-state index < -0.39 is 0 Å². The third-order valence-corrected chi connectivity index (χ3v) is 1.11. The fourth-order valence-corrected chi connectivity index (χ4v) is 0.616. The van der Waals surface area contributed by atoms with E-state index in [9.17, 15) is 0 Å². The Kier molecular flexibility index (Phi) is 7.09. The molecule has 0 N–H and O–H groups in total. The van der Waals surface area contributed by atoms with Gasteiger partial charge in [0.05, 0.1) is 0 Å². The molecule has 0 aliphatic heterocycles. The summed E-state index contributed by atoms with van der Waals surface area (Å²) in [7, 11) is -0.0279. The molecule has 0 unspecified atom stereocenters. The van der Waals surface area contributed by atoms with Gasteiger partial charge in [-0.05, 0) is 19.7 Å². The zero-order chi connectivity index (χ0) is 7.82. The minimum atomic E-state index is -0.0279. The van der Waals surface area contributed by atoms with Crippen molar-refractivity contribution in [1.82, 2.24) is 0 Å². The van der Waals surface area contributed by atoms with Crippen molar-refractivity contribution in [2.45, 2.75) is 33.5 Å². The van der Waals surface area contributed by atoms with Gasteiger partial charge in [-0.25, -0.2) is 0 Å². The summed E-state index contributed by atoms with van der Waals surface area (Å²) in [6, 6.07) is 0. The molecule has 0 aromatic heterocycles. The molecule has 0 amide bonds. The summed E-state index contributed by atoms with van der Waals surface area (Å²) in [6.45, 7) is 7.71. The molecule has 3 heteroatoms. The zero-order valence-corrected chi connectivity index (χ0v) is 7.22. The highest BCUT2D eigenvalue weighted by atomic mass is 16.6. The summed E-state index contributed by atoms with van der Waals surface area (Å²) in [5, 5.41) is 0. The molecule has 0 aromatic carbocycles. The second-order valence-electron chi connectivity index (χ2n) is 2.31. The van der Waals surface area contributed by atoms with E-state index in [-0.39, 0.29) is 7.12 Å². The normalized spacial score (nSPS) is 9.90. The van der Waals surface area contributed by atoms with Gasteiger partial charge < -0.3 is 9.31 Å². The van der Waals surface area contributed by atoms with E-state index in [2.05, 4.69) is 13.8 Å². The quantitative estimate of drug-likeness (QED) is 0.530. The molecule has 0 aliphatic rings. The highest BCUT2D eigenvalue weighted by Crippen LogP contribution is 1.91. The van der Waals surface area contributed by atoms with Gasteiger partial charge >= 0.3 is 7.12 Å². The van der Waals surface area contributed by atoms with Crippen LogP contribution in [0.15, 0.2) is 0 Å². The molecule has 0 bridgehead atoms. The van der Waals surface area contributed by atoms with Crippen LogP contribution in [0.1, 0.15) is 26.7 Å². The zero-order valence-electron chi connectivity index (χ0n) is 7.22. The molecule has 0 saturated carbocycles. The van der Waals surface area contributed by atoms with Crippen LogP contribution in [-0.4, -0.2) is 20.3 Å². The van der Waals surface area contributed by atoms with Gasteiger partial charge in [0.1, 0.15) is 0 Å². The first-order chi connectivity index (χ1) is 4.81. The van der Waals surface area contributed by atoms with Gasteiger partial charge in [-0.1, -0.05) is 13.8 Å². The number of hydrogen-bond donors (Lipinski definition) is 0. The van der Waals surface area contributed by atoms with Crippen molar-refractivity contribution < 1.29 is 9.31 Å². The van der Waals surface area contributed by atoms with Crippen LogP contribution in [0.2, 0.25) is 6.82 Å². The van der Waals surface area contributed by atoms with E-state index in [0.29, 0.717) is 0 Å². The molecule has 2 nitrogen and oxygen atoms in total. The van der Waals surface area contributed by atoms with Gasteiger partial charge in [0.25, 0.3) is 0 Å². The Morgan fingerprint density at radius 2 is 1.40 bits per heavy atom. The highest BCUT2D eigenvalue weighted by molar-refractivity contribution is 6.42. The van der Waals surface area contributed by atoms with Crippen LogP contribution in [-0.2, 0) is 9.31 Å². The lowest BCUT2D eigenvalue weighted by Gasteiger charge is -2.08. The average molecular weight is 144 g/mol. The van der Waals surface area contributed by atoms with Gasteiger partial charge in [0.2, 0.25) is 0 Å². The first-order valence-electron chi connectivity index (χ1n) is 4.04. The SMILES string of the molecule is CCCOB(C)OCCC. The smallest absolute Gasteiger partial charge is 0.411 e. The highest BCUT2D eigenvalue weighted by Gasteiger charge is 2.07. The topological polar surface area (TPSA) is 18.5 Å². The van der Waals surface area contributed by atoms with Crippen LogP contribution in [0.4, 0.5) is 0 Å². The molecule has 0 aromatic rings. The Bertz CT molecular complexity index is 60.6. The standard InChI is InChI=1S/C7H17BO2/c1-4-6-9-8(3)10-7-5-2/h4-7H2,1-3H3. The third kappa shape index (κ3) is 6.11. The van der Waals surface area contributed by atoms with Gasteiger partial charge in [0.15, 0.2) is 0 Å². The lowest BCUT2D eigenvalue weighted by molar-refractivity contribution is 0.202. The molecule has 0 spiro atoms. The second kappa shape index (κ2) is 7.10. The molecule has 0 rings (SSSR count). The molecule has 0 fully saturated rings. The Hall–Kier alpha value is -0.0151. The van der Waals surface area contributed by atoms with Crippen molar-refractivity contribution in [3.63, 3.8) is 0 Å². The molecule has 0 saturated heterocycles. The maximum absolute atomic E-state index is 5.27. The predicted octanol–water partition coefficient (Wildman–Crippen LogP) is 1.96. The van der Waals surface area contributed by atoms with Crippen LogP contribution >= 0.6 is 0 Å². The Morgan fingerprint density at radius 3 is 1.70 bits per heavy atom. The summed E-state index contributed by atoms with van der Waals surface area (Å²) in [5.41, 5.74) is 0. The molecule has 0 radical (unpaired) electrons. The first-order valence-corrected chi connectivity index (χ1v) is 4.04. The Morgan fingerprint density at radius 1 is 1.00 bits per heavy atom. The van der Waals surface area contributed by atoms with Crippen LogP contribution in [0, 0.1) is 0 Å². The van der Waals surface area contributed by atoms with E-state index in [0.717, 1.165) is 26.1 Å². The lowest BCUT2D eigenvalue weighted by Crippen LogP contribution is -2.19. The molecule has 0 aliphatic carbocycles. The molecule has 60 valence electrons. The molecular weight excluding hydrogens is 127 g/mol. The van der Waals surface area contributed by atoms with E-state index in [1.165, 1.54) is 0 Å². The minimum Gasteiger partial charge on any atom is -0.411 e. The van der Waals surface area contributed by atoms with Crippen molar-refractivity contribution >= 4 is 7.12 Å². The van der Waals surface area contributed by atoms with Crippen LogP contribution < -0.4 is 0 Å². The van der Waals surface area contributed by atoms with E-state index in [1.54, 1.807) is 0 Å². The first kappa shape index (κ1) is 9.98. The van der Waals surface area contributed by atoms with Crippen molar-refractivity contribution in [3.05, 3.63) is 0 Å². The molecule has 0 atom stereocenters. The maximum Gasteiger partial charge on any atom is 0.453 e. The van der Waals surface area contributed by atoms with Crippen molar-refractivity contribution in [2.75, 3.05) is 13.2 Å². The summed E-state index contributed by atoms with van der Waals surface area (Å²) < 4.78 is 10.5. The molecule has 0 heterocycles. The van der Waals surface area contributed by atoms with Gasteiger partial charge in [0, 0.05) is 13.2 Å². The summed E-state index contributed by atoms with van der Waals surface area (Å²) >= 11 is 0. The monoisotopic (exact) mass is 144 g/mol. The number of hydrogen-bond acceptors (Lipinski definition) is 2. The summed E-state index contributed by atoms with van der Waals surface area (Å²) in [4.78, 5) is 0. The lowest BCUT2D eigenvalue weighted by atomic mass is 9.95. The minimum absolute atomic E-state index is 0.0279. The van der Waals surface area contributed by atoms with E-state index in [4.69, 9.17) is 9.31 Å². The van der Waals surface area contributed by atoms with Crippen molar-refractivity contribution in [3.8, 4) is 0 Å². The van der Waals surface area contributed by atoms with Gasteiger partial charge in [-0.2, -0.15) is 0 Å². The fraction of sp³-hybridized carbons (Fsp3) is 1.00. The van der Waals surface area contributed by atoms with Crippen molar-refractivity contribution in [2.24, 2.45) is 0 Å². The summed E-state index contributed by atoms with van der Waals surface area (Å²) in [5.74, 6) is 0. The third-order valence-electron chi connectivity index (χ3n) is 1.11. The predicted molar refractivity (Wildman–Crippen MR) is 44.1 cm³/mol. The number of rotatable bonds is 6. The Balaban J connectivity index is 3.00.